The second-order valence-corrected chi connectivity index (χ2v) is 16.5. The maximum atomic E-state index is 12.9. The molecule has 0 bridgehead atoms. The van der Waals surface area contributed by atoms with Crippen molar-refractivity contribution in [3.63, 3.8) is 0 Å². The molecule has 2 aliphatic heterocycles. The SMILES string of the molecule is CC1=NC2N=C(C(C)(C)C)C(N=Nc3c(C#N)cnn3-c3nc(C(F)(F)F)ns3)=C2[N-]1.[C-]#[N+]c1cnn(-c2nc(C(F)(F)F)ns2)c1N=Nc1c(C(C)(C)C)nn2nc(C)[n-]c12.[Fe+2]. The van der Waals surface area contributed by atoms with Crippen molar-refractivity contribution in [2.24, 2.45) is 35.9 Å². The van der Waals surface area contributed by atoms with E-state index in [4.69, 9.17) is 6.57 Å². The summed E-state index contributed by atoms with van der Waals surface area (Å²) in [6.45, 7) is 22.4. The van der Waals surface area contributed by atoms with E-state index in [1.54, 1.807) is 13.8 Å². The Balaban J connectivity index is 0.000000206. The fraction of sp³-hybridized carbons (Fsp3) is 0.394. The number of rotatable bonds is 6. The molecule has 1 atom stereocenters. The Morgan fingerprint density at radius 1 is 0.810 bits per heavy atom. The first-order chi connectivity index (χ1) is 29.0. The van der Waals surface area contributed by atoms with Crippen molar-refractivity contribution in [2.75, 3.05) is 0 Å². The third kappa shape index (κ3) is 9.14. The largest absolute Gasteiger partial charge is 2.00 e. The van der Waals surface area contributed by atoms with Crippen LogP contribution in [0.25, 0.3) is 26.1 Å². The smallest absolute Gasteiger partial charge is 0.443 e. The molecule has 0 radical (unpaired) electrons. The Kier molecular flexibility index (Phi) is 12.1. The average Bonchev–Trinajstić information content (AvgIpc) is 4.01. The normalized spacial score (nSPS) is 15.6. The van der Waals surface area contributed by atoms with Crippen LogP contribution in [0.1, 0.15) is 77.2 Å². The Hall–Kier alpha value is -6.62. The number of amidine groups is 1. The van der Waals surface area contributed by atoms with Crippen LogP contribution in [0.2, 0.25) is 0 Å². The molecule has 8 heterocycles. The summed E-state index contributed by atoms with van der Waals surface area (Å²) < 4.78 is 87.2. The molecule has 326 valence electrons. The summed E-state index contributed by atoms with van der Waals surface area (Å²) in [7, 11) is 0. The van der Waals surface area contributed by atoms with E-state index in [1.807, 2.05) is 47.6 Å². The van der Waals surface area contributed by atoms with Gasteiger partial charge in [0.2, 0.25) is 21.9 Å². The van der Waals surface area contributed by atoms with E-state index in [2.05, 4.69) is 84.7 Å². The van der Waals surface area contributed by atoms with E-state index in [-0.39, 0.29) is 55.6 Å². The van der Waals surface area contributed by atoms with Crippen molar-refractivity contribution < 1.29 is 43.4 Å². The minimum atomic E-state index is -4.70. The summed E-state index contributed by atoms with van der Waals surface area (Å²) in [6, 6.07) is 1.90. The van der Waals surface area contributed by atoms with Crippen LogP contribution in [0.4, 0.5) is 49.4 Å². The molecule has 0 fully saturated rings. The number of hydrogen-bond acceptors (Lipinski definition) is 17. The van der Waals surface area contributed by atoms with Gasteiger partial charge in [0.25, 0.3) is 5.69 Å². The minimum absolute atomic E-state index is 0. The molecule has 0 amide bonds. The summed E-state index contributed by atoms with van der Waals surface area (Å²) >= 11 is 0.962. The summed E-state index contributed by atoms with van der Waals surface area (Å²) in [4.78, 5) is 23.5. The van der Waals surface area contributed by atoms with Gasteiger partial charge in [0, 0.05) is 33.9 Å². The van der Waals surface area contributed by atoms with Crippen molar-refractivity contribution in [2.45, 2.75) is 79.3 Å². The Morgan fingerprint density at radius 2 is 1.40 bits per heavy atom. The van der Waals surface area contributed by atoms with Gasteiger partial charge in [0.05, 0.1) is 42.2 Å². The third-order valence-corrected chi connectivity index (χ3v) is 9.59. The van der Waals surface area contributed by atoms with Gasteiger partial charge in [0.15, 0.2) is 11.6 Å². The maximum Gasteiger partial charge on any atom is 2.00 e. The number of halogens is 6. The first kappa shape index (κ1) is 45.9. The molecule has 6 aromatic rings. The van der Waals surface area contributed by atoms with Gasteiger partial charge in [-0.05, 0) is 25.4 Å². The average molecular weight is 952 g/mol. The Labute approximate surface area is 369 Å². The van der Waals surface area contributed by atoms with Gasteiger partial charge >= 0.3 is 29.4 Å². The number of azo groups is 2. The summed E-state index contributed by atoms with van der Waals surface area (Å²) in [5.74, 6) is -1.72. The summed E-state index contributed by atoms with van der Waals surface area (Å²) in [5, 5.41) is 46.6. The second-order valence-electron chi connectivity index (χ2n) is 15.0. The molecule has 0 saturated carbocycles. The van der Waals surface area contributed by atoms with Crippen LogP contribution in [0.15, 0.2) is 54.2 Å². The molecule has 6 aromatic heterocycles. The zero-order valence-electron chi connectivity index (χ0n) is 33.6. The van der Waals surface area contributed by atoms with Crippen LogP contribution in [0, 0.1) is 30.2 Å². The fourth-order valence-electron chi connectivity index (χ4n) is 5.51. The van der Waals surface area contributed by atoms with Crippen LogP contribution in [0.3, 0.4) is 0 Å². The number of alkyl halides is 6. The van der Waals surface area contributed by atoms with E-state index in [0.717, 1.165) is 9.36 Å². The van der Waals surface area contributed by atoms with Crippen LogP contribution >= 0.6 is 23.1 Å². The van der Waals surface area contributed by atoms with Gasteiger partial charge in [-0.15, -0.1) is 20.5 Å². The van der Waals surface area contributed by atoms with Gasteiger partial charge in [-0.1, -0.05) is 47.4 Å². The number of aliphatic imine (C=N–C) groups is 2. The zero-order chi connectivity index (χ0) is 45.1. The van der Waals surface area contributed by atoms with Crippen molar-refractivity contribution in [3.05, 3.63) is 69.3 Å². The van der Waals surface area contributed by atoms with Crippen LogP contribution in [0.5, 0.6) is 0 Å². The molecular formula is C33H27F6FeN21S2. The van der Waals surface area contributed by atoms with Gasteiger partial charge in [0.1, 0.15) is 23.0 Å². The Bertz CT molecular complexity index is 2960. The van der Waals surface area contributed by atoms with Crippen molar-refractivity contribution >= 4 is 63.3 Å². The molecule has 0 aromatic carbocycles. The van der Waals surface area contributed by atoms with Gasteiger partial charge in [-0.2, -0.15) is 69.9 Å². The molecular weight excluding hydrogens is 924 g/mol. The van der Waals surface area contributed by atoms with E-state index in [0.29, 0.717) is 68.9 Å². The number of nitriles is 1. The molecule has 0 N–H and O–H groups in total. The molecule has 8 rings (SSSR count). The first-order valence-electron chi connectivity index (χ1n) is 17.6. The molecule has 0 spiro atoms. The number of aromatic nitrogens is 12. The molecule has 0 aliphatic carbocycles. The predicted molar refractivity (Wildman–Crippen MR) is 208 cm³/mol. The van der Waals surface area contributed by atoms with E-state index in [1.165, 1.54) is 17.0 Å². The summed E-state index contributed by atoms with van der Waals surface area (Å²) in [5.41, 5.74) is 2.04. The third-order valence-electron chi connectivity index (χ3n) is 8.20. The fourth-order valence-corrected chi connectivity index (χ4v) is 6.82. The van der Waals surface area contributed by atoms with Crippen molar-refractivity contribution in [3.8, 4) is 16.3 Å². The Morgan fingerprint density at radius 3 is 1.94 bits per heavy atom. The number of fused-ring (bicyclic) bond motifs is 2. The summed E-state index contributed by atoms with van der Waals surface area (Å²) in [6.07, 6.45) is -7.56. The van der Waals surface area contributed by atoms with E-state index in [9.17, 15) is 31.6 Å². The molecule has 2 aliphatic rings. The van der Waals surface area contributed by atoms with Crippen molar-refractivity contribution in [1.82, 2.24) is 58.1 Å². The molecule has 30 heteroatoms. The van der Waals surface area contributed by atoms with Gasteiger partial charge in [-0.25, -0.2) is 9.94 Å². The van der Waals surface area contributed by atoms with E-state index < -0.39 is 35.6 Å². The van der Waals surface area contributed by atoms with Crippen molar-refractivity contribution in [1.29, 1.82) is 5.26 Å². The maximum absolute atomic E-state index is 12.9. The number of aryl methyl sites for hydroxylation is 1. The standard InChI is InChI=1S/C17H14F3N10S.C16H13F3N11S.Fe/c1-7-23-10-9(11(16(2,3)4)25-12(10)24-7)27-28-13-8(5-21)6-22-30(13)15-26-14(29-31-15)17(18,19)20;1-7-22-12-9(10(15(2,3)4)27-30(12)26-7)24-25-11-8(20-5)6-21-29(11)14-23-13(28-31-14)16(17,18)19;/h6,12H,1-4H3;6H,1-4H3;/q2*-1;+2. The molecule has 1 unspecified atom stereocenters. The molecule has 21 nitrogen and oxygen atoms in total. The monoisotopic (exact) mass is 951 g/mol. The quantitative estimate of drug-likeness (QED) is 0.0664. The first-order valence-corrected chi connectivity index (χ1v) is 19.1. The van der Waals surface area contributed by atoms with Crippen LogP contribution in [-0.2, 0) is 34.8 Å². The van der Waals surface area contributed by atoms with E-state index >= 15 is 0 Å². The topological polar surface area (TPSA) is 248 Å². The second kappa shape index (κ2) is 16.6. The van der Waals surface area contributed by atoms with Gasteiger partial charge in [-0.3, -0.25) is 9.62 Å². The number of hydrogen-bond donors (Lipinski definition) is 0. The van der Waals surface area contributed by atoms with Crippen LogP contribution < -0.4 is 4.98 Å². The molecule has 63 heavy (non-hydrogen) atoms. The number of allylic oxidation sites excluding steroid dienone is 1. The number of nitrogens with zero attached hydrogens (tertiary/aromatic N) is 21. The van der Waals surface area contributed by atoms with Crippen LogP contribution in [-0.4, -0.2) is 70.8 Å². The minimum Gasteiger partial charge on any atom is -0.443 e. The zero-order valence-corrected chi connectivity index (χ0v) is 36.3. The predicted octanol–water partition coefficient (Wildman–Crippen LogP) is 8.85. The van der Waals surface area contributed by atoms with Gasteiger partial charge < -0.3 is 20.4 Å². The molecule has 0 saturated heterocycles.